The number of likely N-dealkylation sites (N-methyl/N-ethyl adjacent to an activating group) is 1. The number of carboxylic acid groups (broad SMARTS) is 1. The normalized spacial score (nSPS) is 45.4. The number of carboxylic acids is 1. The lowest BCUT2D eigenvalue weighted by atomic mass is 9.53. The molecule has 178 valence electrons. The smallest absolute Gasteiger partial charge is 0.335 e. The second-order valence-electron chi connectivity index (χ2n) is 9.78. The number of benzene rings is 1. The number of hydrogen-bond donors (Lipinski definition) is 5. The molecule has 0 radical (unpaired) electrons. The molecule has 0 saturated carbocycles. The van der Waals surface area contributed by atoms with Gasteiger partial charge in [-0.3, -0.25) is 0 Å². The van der Waals surface area contributed by atoms with Gasteiger partial charge in [-0.15, -0.1) is 0 Å². The minimum atomic E-state index is -1.79. The molecule has 3 heterocycles. The Morgan fingerprint density at radius 3 is 2.73 bits per heavy atom. The monoisotopic (exact) mass is 461 g/mol. The van der Waals surface area contributed by atoms with Crippen molar-refractivity contribution in [2.45, 2.75) is 67.2 Å². The minimum absolute atomic E-state index is 0.0610. The van der Waals surface area contributed by atoms with E-state index in [9.17, 15) is 30.3 Å². The summed E-state index contributed by atoms with van der Waals surface area (Å²) >= 11 is 0. The largest absolute Gasteiger partial charge is 0.504 e. The summed E-state index contributed by atoms with van der Waals surface area (Å²) in [5, 5.41) is 50.5. The number of piperidine rings is 1. The van der Waals surface area contributed by atoms with Gasteiger partial charge in [0.05, 0.1) is 0 Å². The fourth-order valence-corrected chi connectivity index (χ4v) is 6.66. The van der Waals surface area contributed by atoms with Gasteiger partial charge < -0.3 is 44.6 Å². The number of phenols is 1. The average molecular weight is 461 g/mol. The minimum Gasteiger partial charge on any atom is -0.504 e. The van der Waals surface area contributed by atoms with Crippen LogP contribution in [0, 0.1) is 5.92 Å². The van der Waals surface area contributed by atoms with Crippen molar-refractivity contribution in [1.82, 2.24) is 4.90 Å². The summed E-state index contributed by atoms with van der Waals surface area (Å²) in [5.74, 6) is -0.824. The predicted octanol–water partition coefficient (Wildman–Crippen LogP) is -0.885. The van der Waals surface area contributed by atoms with Gasteiger partial charge in [-0.1, -0.05) is 18.2 Å². The number of rotatable bonds is 3. The van der Waals surface area contributed by atoms with E-state index in [1.807, 2.05) is 12.1 Å². The first-order chi connectivity index (χ1) is 15.7. The number of aliphatic carboxylic acids is 1. The number of aliphatic hydroxyl groups excluding tert-OH is 3. The molecule has 10 heteroatoms. The van der Waals surface area contributed by atoms with Crippen molar-refractivity contribution >= 4 is 5.97 Å². The molecule has 0 amide bonds. The van der Waals surface area contributed by atoms with Gasteiger partial charge in [-0.2, -0.15) is 0 Å². The van der Waals surface area contributed by atoms with Gasteiger partial charge in [0.2, 0.25) is 0 Å². The van der Waals surface area contributed by atoms with Crippen molar-refractivity contribution in [2.75, 3.05) is 13.6 Å². The first kappa shape index (κ1) is 21.3. The molecule has 5 N–H and O–H groups in total. The third-order valence-corrected chi connectivity index (χ3v) is 8.23. The van der Waals surface area contributed by atoms with Crippen LogP contribution in [0.25, 0.3) is 0 Å². The van der Waals surface area contributed by atoms with E-state index in [0.717, 1.165) is 30.5 Å². The quantitative estimate of drug-likeness (QED) is 0.359. The van der Waals surface area contributed by atoms with Crippen molar-refractivity contribution in [1.29, 1.82) is 0 Å². The van der Waals surface area contributed by atoms with E-state index >= 15 is 0 Å². The summed E-state index contributed by atoms with van der Waals surface area (Å²) in [6, 6.07) is 3.85. The molecule has 3 aliphatic heterocycles. The Morgan fingerprint density at radius 1 is 1.18 bits per heavy atom. The summed E-state index contributed by atoms with van der Waals surface area (Å²) in [6.07, 6.45) is -4.16. The van der Waals surface area contributed by atoms with Crippen LogP contribution in [0.1, 0.15) is 17.5 Å². The maximum Gasteiger partial charge on any atom is 0.335 e. The number of likely N-dealkylation sites (tertiary alicyclic amines) is 1. The van der Waals surface area contributed by atoms with Gasteiger partial charge in [0.1, 0.15) is 30.5 Å². The van der Waals surface area contributed by atoms with Crippen LogP contribution in [-0.2, 0) is 26.1 Å². The maximum absolute atomic E-state index is 11.5. The number of phenolic OH excluding ortho intramolecular Hbond substituents is 1. The molecule has 2 bridgehead atoms. The van der Waals surface area contributed by atoms with E-state index in [1.165, 1.54) is 0 Å². The third-order valence-electron chi connectivity index (χ3n) is 8.23. The Hall–Kier alpha value is -2.21. The van der Waals surface area contributed by atoms with Crippen LogP contribution in [0.2, 0.25) is 0 Å². The molecule has 10 nitrogen and oxygen atoms in total. The topological polar surface area (TPSA) is 149 Å². The lowest BCUT2D eigenvalue weighted by molar-refractivity contribution is -0.307. The van der Waals surface area contributed by atoms with Crippen LogP contribution in [-0.4, -0.2) is 98.9 Å². The zero-order valence-electron chi connectivity index (χ0n) is 17.9. The van der Waals surface area contributed by atoms with Crippen LogP contribution in [0.15, 0.2) is 24.3 Å². The number of aromatic hydroxyl groups is 1. The molecule has 2 fully saturated rings. The second-order valence-corrected chi connectivity index (χ2v) is 9.78. The lowest BCUT2D eigenvalue weighted by Crippen LogP contribution is -2.66. The zero-order chi connectivity index (χ0) is 23.2. The highest BCUT2D eigenvalue weighted by Crippen LogP contribution is 2.62. The lowest BCUT2D eigenvalue weighted by Gasteiger charge is -2.57. The Kier molecular flexibility index (Phi) is 4.62. The van der Waals surface area contributed by atoms with Crippen LogP contribution < -0.4 is 4.74 Å². The van der Waals surface area contributed by atoms with E-state index in [-0.39, 0.29) is 17.7 Å². The summed E-state index contributed by atoms with van der Waals surface area (Å²) in [4.78, 5) is 13.8. The van der Waals surface area contributed by atoms with E-state index in [1.54, 1.807) is 6.07 Å². The van der Waals surface area contributed by atoms with Gasteiger partial charge in [-0.25, -0.2) is 4.79 Å². The summed E-state index contributed by atoms with van der Waals surface area (Å²) in [7, 11) is 2.11. The molecule has 6 rings (SSSR count). The molecule has 2 aliphatic carbocycles. The average Bonchev–Trinajstić information content (AvgIpc) is 3.14. The van der Waals surface area contributed by atoms with Crippen LogP contribution >= 0.6 is 0 Å². The van der Waals surface area contributed by atoms with E-state index in [0.29, 0.717) is 5.75 Å². The highest BCUT2D eigenvalue weighted by atomic mass is 16.7. The number of ether oxygens (including phenoxy) is 3. The van der Waals surface area contributed by atoms with Crippen molar-refractivity contribution in [3.05, 3.63) is 35.4 Å². The summed E-state index contributed by atoms with van der Waals surface area (Å²) < 4.78 is 17.7. The fourth-order valence-electron chi connectivity index (χ4n) is 6.66. The molecule has 1 aromatic rings. The van der Waals surface area contributed by atoms with Crippen molar-refractivity contribution < 1.29 is 44.5 Å². The van der Waals surface area contributed by atoms with Gasteiger partial charge in [0.15, 0.2) is 23.9 Å². The highest BCUT2D eigenvalue weighted by Gasteiger charge is 2.65. The van der Waals surface area contributed by atoms with E-state index in [4.69, 9.17) is 14.2 Å². The Labute approximate surface area is 189 Å². The van der Waals surface area contributed by atoms with Gasteiger partial charge in [0.25, 0.3) is 0 Å². The molecule has 0 aromatic heterocycles. The van der Waals surface area contributed by atoms with Gasteiger partial charge in [-0.05, 0) is 38.1 Å². The predicted molar refractivity (Wildman–Crippen MR) is 111 cm³/mol. The Bertz CT molecular complexity index is 1030. The zero-order valence-corrected chi connectivity index (χ0v) is 17.9. The SMILES string of the molecule is CN1CCC23c4c5ccc(O)c4OC2[C@@H](OC2OC(C(=O)O)C(O)C(O)C2O)C=CC3C1C5. The second kappa shape index (κ2) is 7.14. The summed E-state index contributed by atoms with van der Waals surface area (Å²) in [5.41, 5.74) is 1.69. The fraction of sp³-hybridized carbons (Fsp3) is 0.609. The van der Waals surface area contributed by atoms with Crippen LogP contribution in [0.4, 0.5) is 0 Å². The molecular weight excluding hydrogens is 434 g/mol. The molecule has 2 saturated heterocycles. The number of hydrogen-bond acceptors (Lipinski definition) is 9. The molecule has 1 spiro atoms. The molecule has 5 aliphatic rings. The van der Waals surface area contributed by atoms with Gasteiger partial charge >= 0.3 is 5.97 Å². The van der Waals surface area contributed by atoms with Crippen molar-refractivity contribution in [3.8, 4) is 11.5 Å². The number of carbonyl (C=O) groups is 1. The number of nitrogens with zero attached hydrogens (tertiary/aromatic N) is 1. The van der Waals surface area contributed by atoms with Crippen molar-refractivity contribution in [2.24, 2.45) is 5.92 Å². The summed E-state index contributed by atoms with van der Waals surface area (Å²) in [6.45, 7) is 0.838. The van der Waals surface area contributed by atoms with Crippen molar-refractivity contribution in [3.63, 3.8) is 0 Å². The Balaban J connectivity index is 1.38. The standard InChI is InChI=1S/C23H27NO9/c1-24-7-6-23-10-3-5-13(31-22-17(28)15(26)16(27)19(33-22)21(29)30)20(23)32-18-12(25)4-2-9(14(18)23)8-11(10)24/h2-5,10-11,13,15-17,19-20,22,25-28H,6-8H2,1H3,(H,29,30)/t10?,11?,13-,15?,16?,17?,19?,20?,22?,23?/m0/s1. The Morgan fingerprint density at radius 2 is 1.97 bits per heavy atom. The molecular formula is C23H27NO9. The molecule has 9 unspecified atom stereocenters. The first-order valence-electron chi connectivity index (χ1n) is 11.2. The maximum atomic E-state index is 11.5. The van der Waals surface area contributed by atoms with E-state index in [2.05, 4.69) is 18.0 Å². The molecule has 1 aromatic carbocycles. The van der Waals surface area contributed by atoms with Gasteiger partial charge in [0, 0.05) is 22.9 Å². The number of aliphatic hydroxyl groups is 3. The van der Waals surface area contributed by atoms with Crippen LogP contribution in [0.3, 0.4) is 0 Å². The van der Waals surface area contributed by atoms with E-state index < -0.39 is 54.3 Å². The first-order valence-corrected chi connectivity index (χ1v) is 11.2. The molecule has 33 heavy (non-hydrogen) atoms. The van der Waals surface area contributed by atoms with Crippen LogP contribution in [0.5, 0.6) is 11.5 Å². The highest BCUT2D eigenvalue weighted by molar-refractivity contribution is 5.73. The third kappa shape index (κ3) is 2.73. The molecule has 10 atom stereocenters.